The van der Waals surface area contributed by atoms with Gasteiger partial charge in [-0.25, -0.2) is 13.1 Å². The van der Waals surface area contributed by atoms with Crippen molar-refractivity contribution in [3.63, 3.8) is 0 Å². The van der Waals surface area contributed by atoms with Gasteiger partial charge < -0.3 is 5.73 Å². The van der Waals surface area contributed by atoms with E-state index in [0.29, 0.717) is 0 Å². The number of nitrogens with two attached hydrogens (primary N) is 1. The first-order valence-corrected chi connectivity index (χ1v) is 6.87. The Morgan fingerprint density at radius 1 is 1.47 bits per heavy atom. The fourth-order valence-corrected chi connectivity index (χ4v) is 2.87. The SMILES string of the molecule is CC(C)=CCNS(=O)(=O)c1c(N)cccc1Cl. The summed E-state index contributed by atoms with van der Waals surface area (Å²) in [4.78, 5) is -0.0659. The predicted molar refractivity (Wildman–Crippen MR) is 70.5 cm³/mol. The first-order valence-electron chi connectivity index (χ1n) is 5.01. The maximum Gasteiger partial charge on any atom is 0.244 e. The lowest BCUT2D eigenvalue weighted by Crippen LogP contribution is -2.25. The van der Waals surface area contributed by atoms with Gasteiger partial charge in [0.05, 0.1) is 10.7 Å². The number of benzene rings is 1. The lowest BCUT2D eigenvalue weighted by Gasteiger charge is -2.09. The van der Waals surface area contributed by atoms with E-state index in [-0.39, 0.29) is 22.2 Å². The summed E-state index contributed by atoms with van der Waals surface area (Å²) in [6, 6.07) is 4.60. The van der Waals surface area contributed by atoms with Crippen LogP contribution in [0.3, 0.4) is 0 Å². The average molecular weight is 275 g/mol. The molecule has 0 aliphatic rings. The molecule has 0 fully saturated rings. The number of sulfonamides is 1. The molecule has 0 radical (unpaired) electrons. The summed E-state index contributed by atoms with van der Waals surface area (Å²) >= 11 is 5.84. The molecule has 0 aliphatic carbocycles. The van der Waals surface area contributed by atoms with Crippen LogP contribution in [0, 0.1) is 0 Å². The molecular weight excluding hydrogens is 260 g/mol. The summed E-state index contributed by atoms with van der Waals surface area (Å²) in [5.41, 5.74) is 6.79. The number of nitrogen functional groups attached to an aromatic ring is 1. The highest BCUT2D eigenvalue weighted by molar-refractivity contribution is 7.89. The van der Waals surface area contributed by atoms with Crippen molar-refractivity contribution in [3.8, 4) is 0 Å². The first-order chi connectivity index (χ1) is 7.84. The molecule has 0 saturated carbocycles. The average Bonchev–Trinajstić information content (AvgIpc) is 2.15. The van der Waals surface area contributed by atoms with Crippen LogP contribution in [-0.4, -0.2) is 15.0 Å². The van der Waals surface area contributed by atoms with Crippen molar-refractivity contribution in [2.75, 3.05) is 12.3 Å². The molecule has 1 aromatic rings. The van der Waals surface area contributed by atoms with E-state index in [1.807, 2.05) is 13.8 Å². The number of anilines is 1. The highest BCUT2D eigenvalue weighted by Crippen LogP contribution is 2.26. The molecule has 4 nitrogen and oxygen atoms in total. The number of hydrogen-bond acceptors (Lipinski definition) is 3. The Labute approximate surface area is 107 Å². The lowest BCUT2D eigenvalue weighted by molar-refractivity contribution is 0.586. The second-order valence-corrected chi connectivity index (χ2v) is 5.90. The summed E-state index contributed by atoms with van der Waals surface area (Å²) in [7, 11) is -3.67. The van der Waals surface area contributed by atoms with Crippen molar-refractivity contribution in [2.24, 2.45) is 0 Å². The molecule has 17 heavy (non-hydrogen) atoms. The molecular formula is C11H15ClN2O2S. The molecule has 0 bridgehead atoms. The summed E-state index contributed by atoms with van der Waals surface area (Å²) in [5.74, 6) is 0. The zero-order valence-corrected chi connectivity index (χ0v) is 11.3. The Kier molecular flexibility index (Phi) is 4.56. The topological polar surface area (TPSA) is 72.2 Å². The van der Waals surface area contributed by atoms with Gasteiger partial charge in [-0.05, 0) is 26.0 Å². The number of allylic oxidation sites excluding steroid dienone is 1. The van der Waals surface area contributed by atoms with Crippen molar-refractivity contribution in [1.82, 2.24) is 4.72 Å². The van der Waals surface area contributed by atoms with Crippen molar-refractivity contribution >= 4 is 27.3 Å². The third-order valence-corrected chi connectivity index (χ3v) is 4.02. The van der Waals surface area contributed by atoms with E-state index in [9.17, 15) is 8.42 Å². The van der Waals surface area contributed by atoms with Crippen LogP contribution in [0.4, 0.5) is 5.69 Å². The fraction of sp³-hybridized carbons (Fsp3) is 0.273. The molecule has 0 amide bonds. The third kappa shape index (κ3) is 3.73. The van der Waals surface area contributed by atoms with Gasteiger partial charge in [-0.15, -0.1) is 0 Å². The lowest BCUT2D eigenvalue weighted by atomic mass is 10.3. The molecule has 3 N–H and O–H groups in total. The minimum Gasteiger partial charge on any atom is -0.398 e. The maximum absolute atomic E-state index is 12.0. The van der Waals surface area contributed by atoms with Crippen LogP contribution in [0.25, 0.3) is 0 Å². The number of hydrogen-bond donors (Lipinski definition) is 2. The van der Waals surface area contributed by atoms with E-state index in [1.165, 1.54) is 12.1 Å². The van der Waals surface area contributed by atoms with Gasteiger partial charge in [-0.2, -0.15) is 0 Å². The Morgan fingerprint density at radius 3 is 2.65 bits per heavy atom. The van der Waals surface area contributed by atoms with Crippen molar-refractivity contribution < 1.29 is 8.42 Å². The normalized spacial score (nSPS) is 11.2. The van der Waals surface area contributed by atoms with Gasteiger partial charge in [0.1, 0.15) is 4.90 Å². The molecule has 0 heterocycles. The van der Waals surface area contributed by atoms with Gasteiger partial charge in [0.25, 0.3) is 0 Å². The zero-order chi connectivity index (χ0) is 13.1. The van der Waals surface area contributed by atoms with Crippen LogP contribution in [0.1, 0.15) is 13.8 Å². The summed E-state index contributed by atoms with van der Waals surface area (Å²) in [6.07, 6.45) is 1.77. The molecule has 1 rings (SSSR count). The molecule has 1 aromatic carbocycles. The monoisotopic (exact) mass is 274 g/mol. The van der Waals surface area contributed by atoms with Gasteiger partial charge in [-0.1, -0.05) is 29.3 Å². The Morgan fingerprint density at radius 2 is 2.12 bits per heavy atom. The van der Waals surface area contributed by atoms with Gasteiger partial charge in [0, 0.05) is 6.54 Å². The van der Waals surface area contributed by atoms with E-state index >= 15 is 0 Å². The number of rotatable bonds is 4. The van der Waals surface area contributed by atoms with Crippen molar-refractivity contribution in [3.05, 3.63) is 34.9 Å². The maximum atomic E-state index is 12.0. The molecule has 94 valence electrons. The summed E-state index contributed by atoms with van der Waals surface area (Å²) in [6.45, 7) is 3.99. The Hall–Kier alpha value is -1.04. The van der Waals surface area contributed by atoms with Crippen LogP contribution in [-0.2, 0) is 10.0 Å². The predicted octanol–water partition coefficient (Wildman–Crippen LogP) is 2.17. The van der Waals surface area contributed by atoms with E-state index in [0.717, 1.165) is 5.57 Å². The third-order valence-electron chi connectivity index (χ3n) is 2.05. The van der Waals surface area contributed by atoms with Crippen LogP contribution >= 0.6 is 11.6 Å². The standard InChI is InChI=1S/C11H15ClN2O2S/c1-8(2)6-7-14-17(15,16)11-9(12)4-3-5-10(11)13/h3-6,14H,7,13H2,1-2H3. The molecule has 0 aromatic heterocycles. The van der Waals surface area contributed by atoms with Gasteiger partial charge >= 0.3 is 0 Å². The minimum atomic E-state index is -3.67. The number of halogens is 1. The highest BCUT2D eigenvalue weighted by Gasteiger charge is 2.19. The van der Waals surface area contributed by atoms with E-state index in [2.05, 4.69) is 4.72 Å². The van der Waals surface area contributed by atoms with Crippen molar-refractivity contribution in [1.29, 1.82) is 0 Å². The van der Waals surface area contributed by atoms with Gasteiger partial charge in [-0.3, -0.25) is 0 Å². The van der Waals surface area contributed by atoms with Crippen LogP contribution in [0.5, 0.6) is 0 Å². The van der Waals surface area contributed by atoms with Gasteiger partial charge in [0.15, 0.2) is 0 Å². The Balaban J connectivity index is 3.02. The molecule has 0 spiro atoms. The minimum absolute atomic E-state index is 0.0659. The molecule has 0 aliphatic heterocycles. The van der Waals surface area contributed by atoms with Crippen molar-refractivity contribution in [2.45, 2.75) is 18.7 Å². The quantitative estimate of drug-likeness (QED) is 0.653. The van der Waals surface area contributed by atoms with E-state index in [4.69, 9.17) is 17.3 Å². The second-order valence-electron chi connectivity index (χ2n) is 3.79. The summed E-state index contributed by atoms with van der Waals surface area (Å²) in [5, 5.41) is 0.120. The second kappa shape index (κ2) is 5.53. The Bertz CT molecular complexity index is 514. The van der Waals surface area contributed by atoms with Crippen LogP contribution in [0.15, 0.2) is 34.7 Å². The number of nitrogens with one attached hydrogen (secondary N) is 1. The molecule has 6 heteroatoms. The molecule has 0 saturated heterocycles. The summed E-state index contributed by atoms with van der Waals surface area (Å²) < 4.78 is 26.3. The van der Waals surface area contributed by atoms with Crippen LogP contribution in [0.2, 0.25) is 5.02 Å². The first kappa shape index (κ1) is 14.0. The molecule has 0 atom stereocenters. The smallest absolute Gasteiger partial charge is 0.244 e. The highest BCUT2D eigenvalue weighted by atomic mass is 35.5. The zero-order valence-electron chi connectivity index (χ0n) is 9.70. The van der Waals surface area contributed by atoms with E-state index < -0.39 is 10.0 Å². The van der Waals surface area contributed by atoms with Crippen LogP contribution < -0.4 is 10.5 Å². The molecule has 0 unspecified atom stereocenters. The fourth-order valence-electron chi connectivity index (χ4n) is 1.24. The van der Waals surface area contributed by atoms with Gasteiger partial charge in [0.2, 0.25) is 10.0 Å². The van der Waals surface area contributed by atoms with E-state index in [1.54, 1.807) is 12.1 Å². The largest absolute Gasteiger partial charge is 0.398 e.